The summed E-state index contributed by atoms with van der Waals surface area (Å²) in [6, 6.07) is 168. The van der Waals surface area contributed by atoms with Gasteiger partial charge < -0.3 is 48.7 Å². The summed E-state index contributed by atoms with van der Waals surface area (Å²) in [4.78, 5) is 28.4. The number of fused-ring (bicyclic) bond motifs is 4. The van der Waals surface area contributed by atoms with Crippen molar-refractivity contribution in [3.8, 4) is 11.5 Å². The second-order valence-electron chi connectivity index (χ2n) is 32.0. The molecule has 0 saturated heterocycles. The first-order valence-corrected chi connectivity index (χ1v) is 44.1. The van der Waals surface area contributed by atoms with E-state index in [0.717, 1.165) is 114 Å². The van der Waals surface area contributed by atoms with Crippen LogP contribution in [0.4, 0.5) is 119 Å². The number of rotatable bonds is 23. The zero-order chi connectivity index (χ0) is 90.7. The minimum Gasteiger partial charge on any atom is -0.497 e. The zero-order valence-electron chi connectivity index (χ0n) is 74.8. The summed E-state index contributed by atoms with van der Waals surface area (Å²) in [5.41, 5.74) is 23.5. The topological polar surface area (TPSA) is 87.5 Å². The van der Waals surface area contributed by atoms with E-state index in [9.17, 15) is 10.1 Å². The Kier molecular flexibility index (Phi) is 27.1. The molecule has 0 aliphatic heterocycles. The van der Waals surface area contributed by atoms with Gasteiger partial charge in [0.2, 0.25) is 0 Å². The fraction of sp³-hybridized carbons (Fsp3) is 0.0588. The summed E-state index contributed by atoms with van der Waals surface area (Å²) in [6.45, 7) is 2.13. The van der Waals surface area contributed by atoms with Gasteiger partial charge in [0, 0.05) is 159 Å². The molecule has 20 aromatic carbocycles. The first-order chi connectivity index (χ1) is 64.8. The zero-order valence-corrected chi connectivity index (χ0v) is 74.8. The molecule has 20 rings (SSSR count). The average molecular weight is 1720 g/mol. The first kappa shape index (κ1) is 86.9. The maximum atomic E-state index is 11.0. The molecule has 0 spiro atoms. The number of nitrogens with zero attached hydrogens (tertiary/aromatic N) is 9. The van der Waals surface area contributed by atoms with E-state index in [1.54, 1.807) is 26.4 Å². The summed E-state index contributed by atoms with van der Waals surface area (Å²) in [5, 5.41) is 20.7. The van der Waals surface area contributed by atoms with Gasteiger partial charge in [-0.2, -0.15) is 0 Å². The van der Waals surface area contributed by atoms with Gasteiger partial charge in [-0.15, -0.1) is 0 Å². The Morgan fingerprint density at radius 2 is 0.417 bits per heavy atom. The molecule has 0 aromatic heterocycles. The summed E-state index contributed by atoms with van der Waals surface area (Å²) < 4.78 is 10.7. The number of nitro groups is 1. The van der Waals surface area contributed by atoms with Gasteiger partial charge in [-0.05, 0) is 265 Å². The van der Waals surface area contributed by atoms with Gasteiger partial charge >= 0.3 is 0 Å². The molecular weight excluding hydrogens is 1620 g/mol. The largest absolute Gasteiger partial charge is 0.497 e. The lowest BCUT2D eigenvalue weighted by Gasteiger charge is -2.28. The second-order valence-corrected chi connectivity index (χ2v) is 32.0. The molecule has 0 radical (unpaired) electrons. The number of anilines is 20. The third-order valence-electron chi connectivity index (χ3n) is 23.8. The van der Waals surface area contributed by atoms with Crippen molar-refractivity contribution in [3.63, 3.8) is 0 Å². The van der Waals surface area contributed by atoms with E-state index in [1.165, 1.54) is 72.2 Å². The maximum absolute atomic E-state index is 11.0. The molecule has 0 amide bonds. The Bertz CT molecular complexity index is 7210. The molecule has 646 valence electrons. The van der Waals surface area contributed by atoms with Crippen LogP contribution in [0.1, 0.15) is 5.56 Å². The number of non-ortho nitro benzene ring substituents is 1. The van der Waals surface area contributed by atoms with E-state index >= 15 is 0 Å². The molecule has 0 N–H and O–H groups in total. The van der Waals surface area contributed by atoms with Gasteiger partial charge in [0.15, 0.2) is 0 Å². The van der Waals surface area contributed by atoms with Crippen molar-refractivity contribution >= 4 is 163 Å². The third kappa shape index (κ3) is 19.8. The van der Waals surface area contributed by atoms with Crippen molar-refractivity contribution in [2.75, 3.05) is 81.6 Å². The van der Waals surface area contributed by atoms with Crippen molar-refractivity contribution in [1.82, 2.24) is 0 Å². The van der Waals surface area contributed by atoms with E-state index in [-0.39, 0.29) is 10.6 Å². The second kappa shape index (κ2) is 41.1. The van der Waals surface area contributed by atoms with Crippen LogP contribution in [0.2, 0.25) is 0 Å². The van der Waals surface area contributed by atoms with Crippen LogP contribution < -0.4 is 48.7 Å². The van der Waals surface area contributed by atoms with Crippen molar-refractivity contribution in [2.24, 2.45) is 0 Å². The highest BCUT2D eigenvalue weighted by atomic mass is 16.6. The highest BCUT2D eigenvalue weighted by molar-refractivity contribution is 6.03. The normalized spacial score (nSPS) is 10.8. The fourth-order valence-corrected chi connectivity index (χ4v) is 16.8. The number of hydrogen-bond acceptors (Lipinski definition) is 12. The molecule has 0 unspecified atom stereocenters. The SMILES string of the molecule is CN(c1ccc(N(c2ccccc2)c2cccc3ccccc23)cc1)c1ccc([N+](=O)[O-])cc1.COc1ccc(N(C)c2ccc(N(c3ccccc3)c3cccc4ccccc34)cc2)cc1.COc1cccc(N(C)c2ccc(N(c3ccccc3)c3cccc4ccccc34)cc2)c1.Cc1cccc(N(C)c2ccc(N(c3ccccc3)c3cccc4ccccc34)cc2)c1. The monoisotopic (exact) mass is 1720 g/mol. The average Bonchev–Trinajstić information content (AvgIpc) is 0.789. The minimum absolute atomic E-state index is 0.0843. The van der Waals surface area contributed by atoms with Gasteiger partial charge in [0.1, 0.15) is 11.5 Å². The molecular formula is C119H101N9O4. The number of benzene rings is 20. The van der Waals surface area contributed by atoms with Crippen LogP contribution in [0.15, 0.2) is 485 Å². The molecule has 0 aliphatic rings. The van der Waals surface area contributed by atoms with E-state index in [2.05, 4.69) is 475 Å². The number of nitro benzene ring substituents is 1. The molecule has 13 heteroatoms. The Balaban J connectivity index is 0.000000123. The molecule has 0 atom stereocenters. The molecule has 13 nitrogen and oxygen atoms in total. The van der Waals surface area contributed by atoms with Crippen molar-refractivity contribution in [3.05, 3.63) is 501 Å². The molecule has 132 heavy (non-hydrogen) atoms. The van der Waals surface area contributed by atoms with Crippen LogP contribution in [0, 0.1) is 17.0 Å². The Hall–Kier alpha value is -17.2. The van der Waals surface area contributed by atoms with Gasteiger partial charge in [-0.25, -0.2) is 0 Å². The molecule has 0 heterocycles. The Morgan fingerprint density at radius 1 is 0.205 bits per heavy atom. The fourth-order valence-electron chi connectivity index (χ4n) is 16.8. The number of ether oxygens (including phenoxy) is 2. The number of methoxy groups -OCH3 is 2. The Labute approximate surface area is 773 Å². The lowest BCUT2D eigenvalue weighted by Crippen LogP contribution is -2.12. The van der Waals surface area contributed by atoms with E-state index in [4.69, 9.17) is 9.47 Å². The highest BCUT2D eigenvalue weighted by Crippen LogP contribution is 2.46. The van der Waals surface area contributed by atoms with Crippen LogP contribution >= 0.6 is 0 Å². The van der Waals surface area contributed by atoms with Gasteiger partial charge in [-0.3, -0.25) is 10.1 Å². The summed E-state index contributed by atoms with van der Waals surface area (Å²) in [7, 11) is 11.6. The van der Waals surface area contributed by atoms with Crippen LogP contribution in [0.3, 0.4) is 0 Å². The molecule has 0 fully saturated rings. The summed E-state index contributed by atoms with van der Waals surface area (Å²) in [5.74, 6) is 1.71. The molecule has 0 bridgehead atoms. The lowest BCUT2D eigenvalue weighted by molar-refractivity contribution is -0.384. The predicted octanol–water partition coefficient (Wildman–Crippen LogP) is 32.5. The first-order valence-electron chi connectivity index (χ1n) is 44.1. The highest BCUT2D eigenvalue weighted by Gasteiger charge is 2.22. The maximum Gasteiger partial charge on any atom is 0.269 e. The number of hydrogen-bond donors (Lipinski definition) is 0. The predicted molar refractivity (Wildman–Crippen MR) is 557 cm³/mol. The van der Waals surface area contributed by atoms with Crippen molar-refractivity contribution in [1.29, 1.82) is 0 Å². The summed E-state index contributed by atoms with van der Waals surface area (Å²) >= 11 is 0. The minimum atomic E-state index is -0.385. The quantitative estimate of drug-likeness (QED) is 0.0451. The molecule has 0 aliphatic carbocycles. The van der Waals surface area contributed by atoms with E-state index < -0.39 is 0 Å². The van der Waals surface area contributed by atoms with Crippen molar-refractivity contribution in [2.45, 2.75) is 6.92 Å². The third-order valence-corrected chi connectivity index (χ3v) is 23.8. The molecule has 20 aromatic rings. The van der Waals surface area contributed by atoms with Gasteiger partial charge in [0.25, 0.3) is 5.69 Å². The van der Waals surface area contributed by atoms with Crippen LogP contribution in [-0.2, 0) is 0 Å². The van der Waals surface area contributed by atoms with Crippen LogP contribution in [-0.4, -0.2) is 47.3 Å². The van der Waals surface area contributed by atoms with Crippen LogP contribution in [0.5, 0.6) is 11.5 Å². The number of para-hydroxylation sites is 4. The standard InChI is InChI=1S/2C30H26N2O.C30H26N2.C29H23N3O2/c1-31(27-14-9-15-28(22-27)33-2)24-18-20-26(21-19-24)32(25-12-4-3-5-13-25)30-17-8-11-23-10-6-7-16-29(23)30;1-31(25-19-21-28(33-2)22-20-25)24-15-17-27(18-16-24)32(26-11-4-3-5-12-26)30-14-8-10-23-9-6-7-13-29(23)30;1-23-10-8-15-28(22-23)31(2)25-18-20-27(21-19-25)32(26-13-4-3-5-14-26)30-17-9-12-24-11-6-7-16-29(24)30;1-30(24-16-20-27(21-17-24)32(33)34)23-14-18-26(19-15-23)31(25-10-3-2-4-11-25)29-13-7-9-22-8-5-6-12-28(22)29/h2*3-22H,1-2H3;3-22H,1-2H3;2-21H,1H3. The van der Waals surface area contributed by atoms with Crippen LogP contribution in [0.25, 0.3) is 43.1 Å². The van der Waals surface area contributed by atoms with Crippen molar-refractivity contribution < 1.29 is 14.4 Å². The van der Waals surface area contributed by atoms with Gasteiger partial charge in [0.05, 0.1) is 41.9 Å². The molecule has 0 saturated carbocycles. The summed E-state index contributed by atoms with van der Waals surface area (Å²) in [6.07, 6.45) is 0. The van der Waals surface area contributed by atoms with E-state index in [1.807, 2.05) is 60.5 Å². The van der Waals surface area contributed by atoms with Gasteiger partial charge in [-0.1, -0.05) is 237 Å². The number of aryl methyl sites for hydroxylation is 1. The smallest absolute Gasteiger partial charge is 0.269 e. The lowest BCUT2D eigenvalue weighted by atomic mass is 10.1. The van der Waals surface area contributed by atoms with E-state index in [0.29, 0.717) is 0 Å². The Morgan fingerprint density at radius 3 is 0.697 bits per heavy atom.